The average molecular weight is 321 g/mol. The van der Waals surface area contributed by atoms with Crippen LogP contribution in [0, 0.1) is 11.8 Å². The molecule has 0 aliphatic carbocycles. The van der Waals surface area contributed by atoms with Gasteiger partial charge in [0.05, 0.1) is 6.04 Å². The Hall–Kier alpha value is -2.73. The molecule has 0 radical (unpaired) electrons. The van der Waals surface area contributed by atoms with Crippen LogP contribution in [0.25, 0.3) is 0 Å². The Balaban J connectivity index is 2.12. The highest BCUT2D eigenvalue weighted by atomic mass is 16.6. The van der Waals surface area contributed by atoms with Crippen LogP contribution in [0.3, 0.4) is 0 Å². The van der Waals surface area contributed by atoms with Crippen LogP contribution < -0.4 is 5.32 Å². The van der Waals surface area contributed by atoms with E-state index in [-0.39, 0.29) is 6.04 Å². The molecule has 2 rings (SSSR count). The maximum Gasteiger partial charge on any atom is 0.408 e. The number of carbonyl (C=O) groups excluding carboxylic acids is 1. The van der Waals surface area contributed by atoms with E-state index in [1.165, 1.54) is 0 Å². The molecule has 124 valence electrons. The predicted molar refractivity (Wildman–Crippen MR) is 96.6 cm³/mol. The predicted octanol–water partition coefficient (Wildman–Crippen LogP) is 4.17. The summed E-state index contributed by atoms with van der Waals surface area (Å²) < 4.78 is 5.34. The van der Waals surface area contributed by atoms with Crippen molar-refractivity contribution >= 4 is 6.09 Å². The number of alkyl carbamates (subject to hydrolysis) is 1. The van der Waals surface area contributed by atoms with Gasteiger partial charge in [-0.25, -0.2) is 4.79 Å². The standard InChI is InChI=1S/C21H23NO2/c1-21(2,3)24-20(23)22-19(16-18-12-8-5-9-13-18)15-14-17-10-6-4-7-11-17/h4-13,19H,16H2,1-3H3,(H,22,23). The number of nitrogens with one attached hydrogen (secondary N) is 1. The SMILES string of the molecule is CC(C)(C)OC(=O)NC(C#Cc1ccccc1)Cc1ccccc1. The minimum Gasteiger partial charge on any atom is -0.444 e. The minimum absolute atomic E-state index is 0.317. The van der Waals surface area contributed by atoms with Crippen molar-refractivity contribution in [2.24, 2.45) is 0 Å². The summed E-state index contributed by atoms with van der Waals surface area (Å²) in [5.41, 5.74) is 1.50. The van der Waals surface area contributed by atoms with Gasteiger partial charge in [0.15, 0.2) is 0 Å². The summed E-state index contributed by atoms with van der Waals surface area (Å²) in [7, 11) is 0. The fourth-order valence-electron chi connectivity index (χ4n) is 2.13. The zero-order valence-corrected chi connectivity index (χ0v) is 14.4. The van der Waals surface area contributed by atoms with Crippen molar-refractivity contribution in [2.75, 3.05) is 0 Å². The first-order valence-corrected chi connectivity index (χ1v) is 8.02. The number of benzene rings is 2. The van der Waals surface area contributed by atoms with Crippen LogP contribution in [0.4, 0.5) is 4.79 Å². The summed E-state index contributed by atoms with van der Waals surface area (Å²) in [6.45, 7) is 5.53. The summed E-state index contributed by atoms with van der Waals surface area (Å²) in [5, 5.41) is 2.86. The zero-order chi connectivity index (χ0) is 17.4. The molecule has 2 aromatic rings. The summed E-state index contributed by atoms with van der Waals surface area (Å²) in [6.07, 6.45) is 0.172. The van der Waals surface area contributed by atoms with Crippen LogP contribution in [0.5, 0.6) is 0 Å². The molecule has 1 unspecified atom stereocenters. The van der Waals surface area contributed by atoms with Crippen molar-refractivity contribution in [3.63, 3.8) is 0 Å². The molecule has 3 nitrogen and oxygen atoms in total. The fraction of sp³-hybridized carbons (Fsp3) is 0.286. The molecule has 0 spiro atoms. The second-order valence-electron chi connectivity index (χ2n) is 6.52. The second kappa shape index (κ2) is 8.21. The van der Waals surface area contributed by atoms with Crippen molar-refractivity contribution in [1.82, 2.24) is 5.32 Å². The molecule has 0 heterocycles. The van der Waals surface area contributed by atoms with Gasteiger partial charge in [-0.05, 0) is 38.5 Å². The lowest BCUT2D eigenvalue weighted by Crippen LogP contribution is -2.39. The molecule has 0 saturated heterocycles. The van der Waals surface area contributed by atoms with Gasteiger partial charge in [-0.15, -0.1) is 0 Å². The Morgan fingerprint density at radius 1 is 1.04 bits per heavy atom. The van der Waals surface area contributed by atoms with Crippen molar-refractivity contribution in [1.29, 1.82) is 0 Å². The number of hydrogen-bond acceptors (Lipinski definition) is 2. The fourth-order valence-corrected chi connectivity index (χ4v) is 2.13. The highest BCUT2D eigenvalue weighted by Gasteiger charge is 2.18. The van der Waals surface area contributed by atoms with E-state index in [1.54, 1.807) is 0 Å². The van der Waals surface area contributed by atoms with E-state index in [2.05, 4.69) is 17.2 Å². The molecule has 1 amide bonds. The quantitative estimate of drug-likeness (QED) is 0.862. The molecular formula is C21H23NO2. The lowest BCUT2D eigenvalue weighted by atomic mass is 10.1. The van der Waals surface area contributed by atoms with Crippen molar-refractivity contribution in [3.05, 3.63) is 71.8 Å². The molecule has 2 aromatic carbocycles. The molecule has 3 heteroatoms. The van der Waals surface area contributed by atoms with Gasteiger partial charge in [0, 0.05) is 12.0 Å². The molecule has 0 aromatic heterocycles. The van der Waals surface area contributed by atoms with Gasteiger partial charge in [0.2, 0.25) is 0 Å². The number of carbonyl (C=O) groups is 1. The Bertz CT molecular complexity index is 706. The third-order valence-corrected chi connectivity index (χ3v) is 3.14. The number of amides is 1. The number of ether oxygens (including phenoxy) is 1. The van der Waals surface area contributed by atoms with Gasteiger partial charge >= 0.3 is 6.09 Å². The molecule has 0 saturated carbocycles. The van der Waals surface area contributed by atoms with Crippen LogP contribution in [0.2, 0.25) is 0 Å². The Kier molecular flexibility index (Phi) is 6.03. The van der Waals surface area contributed by atoms with Gasteiger partial charge in [-0.1, -0.05) is 60.4 Å². The average Bonchev–Trinajstić information content (AvgIpc) is 2.53. The van der Waals surface area contributed by atoms with E-state index in [0.29, 0.717) is 6.42 Å². The third kappa shape index (κ3) is 6.58. The first-order valence-electron chi connectivity index (χ1n) is 8.02. The van der Waals surface area contributed by atoms with E-state index < -0.39 is 11.7 Å². The molecule has 0 fully saturated rings. The maximum atomic E-state index is 12.1. The first kappa shape index (κ1) is 17.6. The van der Waals surface area contributed by atoms with Gasteiger partial charge in [0.25, 0.3) is 0 Å². The summed E-state index contributed by atoms with van der Waals surface area (Å²) in [5.74, 6) is 6.25. The van der Waals surface area contributed by atoms with Crippen LogP contribution in [0.1, 0.15) is 31.9 Å². The highest BCUT2D eigenvalue weighted by Crippen LogP contribution is 2.08. The van der Waals surface area contributed by atoms with Gasteiger partial charge < -0.3 is 10.1 Å². The molecule has 1 atom stereocenters. The second-order valence-corrected chi connectivity index (χ2v) is 6.52. The van der Waals surface area contributed by atoms with E-state index in [0.717, 1.165) is 11.1 Å². The van der Waals surface area contributed by atoms with Crippen molar-refractivity contribution < 1.29 is 9.53 Å². The molecule has 0 aliphatic heterocycles. The van der Waals surface area contributed by atoms with Crippen LogP contribution in [0.15, 0.2) is 60.7 Å². The molecule has 0 bridgehead atoms. The molecule has 24 heavy (non-hydrogen) atoms. The first-order chi connectivity index (χ1) is 11.4. The minimum atomic E-state index is -0.533. The van der Waals surface area contributed by atoms with E-state index in [4.69, 9.17) is 4.74 Å². The van der Waals surface area contributed by atoms with Crippen molar-refractivity contribution in [3.8, 4) is 11.8 Å². The Morgan fingerprint density at radius 2 is 1.62 bits per heavy atom. The normalized spacial score (nSPS) is 11.8. The van der Waals surface area contributed by atoms with Crippen molar-refractivity contribution in [2.45, 2.75) is 38.8 Å². The number of hydrogen-bond donors (Lipinski definition) is 1. The largest absolute Gasteiger partial charge is 0.444 e. The van der Waals surface area contributed by atoms with E-state index in [1.807, 2.05) is 81.4 Å². The lowest BCUT2D eigenvalue weighted by molar-refractivity contribution is 0.0516. The summed E-state index contributed by atoms with van der Waals surface area (Å²) in [4.78, 5) is 12.1. The Morgan fingerprint density at radius 3 is 2.21 bits per heavy atom. The van der Waals surface area contributed by atoms with Gasteiger partial charge in [-0.2, -0.15) is 0 Å². The molecule has 0 aliphatic rings. The van der Waals surface area contributed by atoms with E-state index >= 15 is 0 Å². The van der Waals surface area contributed by atoms with Crippen LogP contribution in [-0.2, 0) is 11.2 Å². The van der Waals surface area contributed by atoms with E-state index in [9.17, 15) is 4.79 Å². The molecular weight excluding hydrogens is 298 g/mol. The zero-order valence-electron chi connectivity index (χ0n) is 14.4. The van der Waals surface area contributed by atoms with Gasteiger partial charge in [-0.3, -0.25) is 0 Å². The third-order valence-electron chi connectivity index (χ3n) is 3.14. The maximum absolute atomic E-state index is 12.1. The monoisotopic (exact) mass is 321 g/mol. The Labute approximate surface area is 144 Å². The smallest absolute Gasteiger partial charge is 0.408 e. The topological polar surface area (TPSA) is 38.3 Å². The van der Waals surface area contributed by atoms with Crippen LogP contribution >= 0.6 is 0 Å². The summed E-state index contributed by atoms with van der Waals surface area (Å²) in [6, 6.07) is 19.4. The summed E-state index contributed by atoms with van der Waals surface area (Å²) >= 11 is 0. The van der Waals surface area contributed by atoms with Crippen LogP contribution in [-0.4, -0.2) is 17.7 Å². The number of rotatable bonds is 3. The van der Waals surface area contributed by atoms with Gasteiger partial charge in [0.1, 0.15) is 5.60 Å². The molecule has 1 N–H and O–H groups in total. The highest BCUT2D eigenvalue weighted by molar-refractivity contribution is 5.68. The lowest BCUT2D eigenvalue weighted by Gasteiger charge is -2.21.